The minimum absolute atomic E-state index is 0.0558. The van der Waals surface area contributed by atoms with E-state index >= 15 is 0 Å². The van der Waals surface area contributed by atoms with Crippen LogP contribution in [0.5, 0.6) is 11.6 Å². The molecule has 1 amide bonds. The zero-order chi connectivity index (χ0) is 25.7. The molecule has 9 nitrogen and oxygen atoms in total. The van der Waals surface area contributed by atoms with Gasteiger partial charge in [-0.05, 0) is 61.4 Å². The monoisotopic (exact) mass is 493 g/mol. The van der Waals surface area contributed by atoms with Crippen LogP contribution >= 0.6 is 0 Å². The minimum Gasteiger partial charge on any atom is -0.465 e. The molecular formula is C26H28FN5O4. The van der Waals surface area contributed by atoms with Gasteiger partial charge in [0.1, 0.15) is 17.4 Å². The summed E-state index contributed by atoms with van der Waals surface area (Å²) < 4.78 is 18.6. The van der Waals surface area contributed by atoms with Crippen molar-refractivity contribution < 1.29 is 23.8 Å². The van der Waals surface area contributed by atoms with Crippen LogP contribution in [-0.2, 0) is 6.54 Å². The van der Waals surface area contributed by atoms with E-state index in [2.05, 4.69) is 20.2 Å². The van der Waals surface area contributed by atoms with Crippen LogP contribution in [0.25, 0.3) is 0 Å². The molecule has 3 aromatic rings. The number of carboxylic acid groups (broad SMARTS) is 1. The molecule has 1 fully saturated rings. The molecule has 2 N–H and O–H groups in total. The molecule has 4 rings (SSSR count). The number of piperazine rings is 1. The predicted molar refractivity (Wildman–Crippen MR) is 132 cm³/mol. The van der Waals surface area contributed by atoms with E-state index in [4.69, 9.17) is 4.74 Å². The van der Waals surface area contributed by atoms with Crippen molar-refractivity contribution in [2.75, 3.05) is 31.5 Å². The van der Waals surface area contributed by atoms with E-state index < -0.39 is 6.09 Å². The van der Waals surface area contributed by atoms with Gasteiger partial charge in [0.15, 0.2) is 5.78 Å². The molecule has 0 saturated carbocycles. The average molecular weight is 494 g/mol. The van der Waals surface area contributed by atoms with Crippen LogP contribution in [0.4, 0.5) is 15.0 Å². The Balaban J connectivity index is 1.28. The molecule has 1 aromatic carbocycles. The summed E-state index contributed by atoms with van der Waals surface area (Å²) in [5.74, 6) is 0.848. The molecule has 36 heavy (non-hydrogen) atoms. The molecule has 0 aliphatic carbocycles. The fraction of sp³-hybridized carbons (Fsp3) is 0.308. The van der Waals surface area contributed by atoms with Crippen molar-refractivity contribution in [1.82, 2.24) is 19.8 Å². The maximum atomic E-state index is 13.0. The zero-order valence-corrected chi connectivity index (χ0v) is 20.1. The summed E-state index contributed by atoms with van der Waals surface area (Å²) in [5, 5.41) is 12.3. The highest BCUT2D eigenvalue weighted by Gasteiger charge is 2.27. The molecule has 188 valence electrons. The summed E-state index contributed by atoms with van der Waals surface area (Å²) in [6, 6.07) is 10.6. The van der Waals surface area contributed by atoms with Crippen molar-refractivity contribution >= 4 is 17.7 Å². The molecule has 1 aliphatic rings. The van der Waals surface area contributed by atoms with E-state index in [-0.39, 0.29) is 24.2 Å². The Kier molecular flexibility index (Phi) is 7.74. The summed E-state index contributed by atoms with van der Waals surface area (Å²) in [4.78, 5) is 36.1. The van der Waals surface area contributed by atoms with E-state index in [1.54, 1.807) is 18.3 Å². The predicted octanol–water partition coefficient (Wildman–Crippen LogP) is 4.20. The van der Waals surface area contributed by atoms with Gasteiger partial charge in [0.05, 0.1) is 6.54 Å². The number of carbonyl (C=O) groups is 2. The van der Waals surface area contributed by atoms with Crippen LogP contribution in [0.3, 0.4) is 0 Å². The SMILES string of the molecule is Cc1cc(NCC(=O)c2ccc(Oc3ccc(F)cc3)nc2)ncc1CN1CCN(C(=O)O)[C@@H](C)C1. The first-order valence-corrected chi connectivity index (χ1v) is 11.6. The quantitative estimate of drug-likeness (QED) is 0.450. The largest absolute Gasteiger partial charge is 0.465 e. The summed E-state index contributed by atoms with van der Waals surface area (Å²) >= 11 is 0. The van der Waals surface area contributed by atoms with E-state index in [0.29, 0.717) is 49.2 Å². The van der Waals surface area contributed by atoms with Crippen molar-refractivity contribution in [2.24, 2.45) is 0 Å². The Morgan fingerprint density at radius 2 is 1.92 bits per heavy atom. The van der Waals surface area contributed by atoms with Crippen LogP contribution in [0.15, 0.2) is 54.9 Å². The van der Waals surface area contributed by atoms with Gasteiger partial charge >= 0.3 is 6.09 Å². The lowest BCUT2D eigenvalue weighted by atomic mass is 10.1. The van der Waals surface area contributed by atoms with Gasteiger partial charge in [-0.2, -0.15) is 0 Å². The van der Waals surface area contributed by atoms with Crippen molar-refractivity contribution in [3.8, 4) is 11.6 Å². The summed E-state index contributed by atoms with van der Waals surface area (Å²) in [5.41, 5.74) is 2.53. The molecular weight excluding hydrogens is 465 g/mol. The number of ketones is 1. The van der Waals surface area contributed by atoms with Crippen LogP contribution < -0.4 is 10.1 Å². The number of aryl methyl sites for hydroxylation is 1. The number of aromatic nitrogens is 2. The fourth-order valence-electron chi connectivity index (χ4n) is 4.05. The first-order chi connectivity index (χ1) is 17.3. The van der Waals surface area contributed by atoms with Gasteiger partial charge in [0, 0.05) is 56.2 Å². The van der Waals surface area contributed by atoms with Gasteiger partial charge in [0.2, 0.25) is 5.88 Å². The number of nitrogens with zero attached hydrogens (tertiary/aromatic N) is 4. The molecule has 0 unspecified atom stereocenters. The van der Waals surface area contributed by atoms with E-state index in [9.17, 15) is 19.1 Å². The van der Waals surface area contributed by atoms with Crippen LogP contribution in [-0.4, -0.2) is 69.0 Å². The van der Waals surface area contributed by atoms with Gasteiger partial charge < -0.3 is 20.1 Å². The normalized spacial score (nSPS) is 16.0. The Bertz CT molecular complexity index is 1220. The molecule has 0 bridgehead atoms. The smallest absolute Gasteiger partial charge is 0.407 e. The van der Waals surface area contributed by atoms with Crippen molar-refractivity contribution in [3.05, 3.63) is 77.4 Å². The average Bonchev–Trinajstić information content (AvgIpc) is 2.86. The fourth-order valence-corrected chi connectivity index (χ4v) is 4.05. The number of ether oxygens (including phenoxy) is 1. The third-order valence-electron chi connectivity index (χ3n) is 6.09. The van der Waals surface area contributed by atoms with Crippen LogP contribution in [0, 0.1) is 12.7 Å². The van der Waals surface area contributed by atoms with Crippen LogP contribution in [0.1, 0.15) is 28.4 Å². The van der Waals surface area contributed by atoms with E-state index in [1.165, 1.54) is 35.4 Å². The Morgan fingerprint density at radius 3 is 2.56 bits per heavy atom. The highest BCUT2D eigenvalue weighted by Crippen LogP contribution is 2.20. The number of anilines is 1. The maximum Gasteiger partial charge on any atom is 0.407 e. The molecule has 2 aromatic heterocycles. The maximum absolute atomic E-state index is 13.0. The zero-order valence-electron chi connectivity index (χ0n) is 20.1. The highest BCUT2D eigenvalue weighted by atomic mass is 19.1. The Morgan fingerprint density at radius 1 is 1.14 bits per heavy atom. The molecule has 1 saturated heterocycles. The molecule has 1 aliphatic heterocycles. The standard InChI is InChI=1S/C26H28FN5O4/c1-17-11-24(28-13-20(17)16-31-9-10-32(26(34)35)18(2)15-31)29-14-23(33)19-3-8-25(30-12-19)36-22-6-4-21(27)5-7-22/h3-8,11-13,18H,9-10,14-16H2,1-2H3,(H,28,29)(H,34,35)/t18-/m0/s1. The number of nitrogens with one attached hydrogen (secondary N) is 1. The third-order valence-corrected chi connectivity index (χ3v) is 6.09. The second-order valence-corrected chi connectivity index (χ2v) is 8.77. The summed E-state index contributed by atoms with van der Waals surface area (Å²) in [7, 11) is 0. The number of pyridine rings is 2. The number of halogens is 1. The lowest BCUT2D eigenvalue weighted by Crippen LogP contribution is -2.53. The Labute approximate surface area is 208 Å². The van der Waals surface area contributed by atoms with Gasteiger partial charge in [-0.15, -0.1) is 0 Å². The Hall–Kier alpha value is -4.05. The van der Waals surface area contributed by atoms with Gasteiger partial charge in [0.25, 0.3) is 0 Å². The number of benzene rings is 1. The second-order valence-electron chi connectivity index (χ2n) is 8.77. The number of amides is 1. The highest BCUT2D eigenvalue weighted by molar-refractivity contribution is 5.98. The lowest BCUT2D eigenvalue weighted by molar-refractivity contribution is 0.0710. The lowest BCUT2D eigenvalue weighted by Gasteiger charge is -2.38. The van der Waals surface area contributed by atoms with Crippen molar-refractivity contribution in [1.29, 1.82) is 0 Å². The van der Waals surface area contributed by atoms with E-state index in [1.807, 2.05) is 19.9 Å². The number of Topliss-reactive ketones (excluding diaryl/α,β-unsaturated/α-hetero) is 1. The molecule has 0 spiro atoms. The molecule has 1 atom stereocenters. The molecule has 10 heteroatoms. The topological polar surface area (TPSA) is 108 Å². The second kappa shape index (κ2) is 11.1. The number of hydrogen-bond acceptors (Lipinski definition) is 7. The number of carbonyl (C=O) groups excluding carboxylic acids is 1. The summed E-state index contributed by atoms with van der Waals surface area (Å²) in [6.07, 6.45) is 2.35. The number of hydrogen-bond donors (Lipinski definition) is 2. The van der Waals surface area contributed by atoms with Crippen LogP contribution in [0.2, 0.25) is 0 Å². The first-order valence-electron chi connectivity index (χ1n) is 11.6. The summed E-state index contributed by atoms with van der Waals surface area (Å²) in [6.45, 7) is 6.48. The molecule has 0 radical (unpaired) electrons. The van der Waals surface area contributed by atoms with Gasteiger partial charge in [-0.25, -0.2) is 19.2 Å². The molecule has 3 heterocycles. The number of rotatable bonds is 8. The third kappa shape index (κ3) is 6.33. The van der Waals surface area contributed by atoms with Gasteiger partial charge in [-0.3, -0.25) is 9.69 Å². The first kappa shape index (κ1) is 25.1. The van der Waals surface area contributed by atoms with E-state index in [0.717, 1.165) is 11.1 Å². The van der Waals surface area contributed by atoms with Crippen molar-refractivity contribution in [2.45, 2.75) is 26.4 Å². The van der Waals surface area contributed by atoms with Crippen molar-refractivity contribution in [3.63, 3.8) is 0 Å². The van der Waals surface area contributed by atoms with Gasteiger partial charge in [-0.1, -0.05) is 0 Å². The minimum atomic E-state index is -0.880.